The van der Waals surface area contributed by atoms with Crippen LogP contribution in [-0.2, 0) is 23.3 Å². The highest BCUT2D eigenvalue weighted by molar-refractivity contribution is 7.96. The summed E-state index contributed by atoms with van der Waals surface area (Å²) in [6, 6.07) is 4.92. The highest BCUT2D eigenvalue weighted by Gasteiger charge is 2.40. The normalized spacial score (nSPS) is 14.8. The van der Waals surface area contributed by atoms with Gasteiger partial charge in [-0.05, 0) is 39.9 Å². The van der Waals surface area contributed by atoms with Crippen molar-refractivity contribution in [2.75, 3.05) is 4.34 Å². The van der Waals surface area contributed by atoms with E-state index in [9.17, 15) is 0 Å². The molecule has 32 heavy (non-hydrogen) atoms. The third-order valence-electron chi connectivity index (χ3n) is 5.65. The molecule has 0 aliphatic rings. The molecule has 2 rings (SSSR count). The summed E-state index contributed by atoms with van der Waals surface area (Å²) < 4.78 is 4.64. The van der Waals surface area contributed by atoms with Crippen LogP contribution >= 0.6 is 27.0 Å². The van der Waals surface area contributed by atoms with Gasteiger partial charge in [0.25, 0.3) is 0 Å². The zero-order valence-electron chi connectivity index (χ0n) is 22.8. The van der Waals surface area contributed by atoms with Crippen molar-refractivity contribution in [1.82, 2.24) is 9.54 Å². The van der Waals surface area contributed by atoms with Gasteiger partial charge in [0.1, 0.15) is 7.43 Å². The fourth-order valence-corrected chi connectivity index (χ4v) is 12.9. The van der Waals surface area contributed by atoms with Crippen molar-refractivity contribution in [3.05, 3.63) is 34.5 Å². The predicted molar refractivity (Wildman–Crippen MR) is 151 cm³/mol. The van der Waals surface area contributed by atoms with Crippen molar-refractivity contribution in [1.29, 1.82) is 0 Å². The summed E-state index contributed by atoms with van der Waals surface area (Å²) in [4.78, 5) is 0. The molecule has 0 spiro atoms. The lowest BCUT2D eigenvalue weighted by Crippen LogP contribution is -2.45. The van der Waals surface area contributed by atoms with Crippen molar-refractivity contribution in [3.63, 3.8) is 0 Å². The number of halogens is 1. The third-order valence-corrected chi connectivity index (χ3v) is 14.2. The summed E-state index contributed by atoms with van der Waals surface area (Å²) in [6.45, 7) is 30.3. The van der Waals surface area contributed by atoms with Gasteiger partial charge in [0, 0.05) is 21.1 Å². The predicted octanol–water partition coefficient (Wildman–Crippen LogP) is 8.72. The van der Waals surface area contributed by atoms with E-state index in [0.29, 0.717) is 0 Å². The second-order valence-electron chi connectivity index (χ2n) is 13.0. The molecule has 1 heterocycles. The Labute approximate surface area is 206 Å². The molecular weight excluding hydrogens is 468 g/mol. The number of aromatic nitrogens is 2. The molecule has 0 aliphatic carbocycles. The monoisotopic (exact) mass is 511 g/mol. The standard InChI is InChI=1S/C25H44ClN3P2Si/c1-17-22(30-28(11)27-17)31(26)29(32(12,13)14)21-19(24(5,6)7)15-18(23(2,3)4)16-20(21)25(8,9)10/h15-16H,1-14H3. The van der Waals surface area contributed by atoms with Gasteiger partial charge in [-0.25, -0.2) is 4.44 Å². The molecule has 180 valence electrons. The van der Waals surface area contributed by atoms with Gasteiger partial charge in [-0.2, -0.15) is 5.10 Å². The molecule has 1 aromatic carbocycles. The van der Waals surface area contributed by atoms with Crippen molar-refractivity contribution >= 4 is 46.0 Å². The molecule has 0 fully saturated rings. The molecule has 1 unspecified atom stereocenters. The topological polar surface area (TPSA) is 21.1 Å². The van der Waals surface area contributed by atoms with Crippen LogP contribution in [0.4, 0.5) is 5.69 Å². The Morgan fingerprint density at radius 3 is 1.62 bits per heavy atom. The molecule has 0 aliphatic heterocycles. The third kappa shape index (κ3) is 5.98. The Kier molecular flexibility index (Phi) is 7.82. The maximum Gasteiger partial charge on any atom is 0.153 e. The van der Waals surface area contributed by atoms with Gasteiger partial charge in [-0.1, -0.05) is 105 Å². The lowest BCUT2D eigenvalue weighted by atomic mass is 9.74. The molecule has 1 atom stereocenters. The zero-order chi connectivity index (χ0) is 25.0. The summed E-state index contributed by atoms with van der Waals surface area (Å²) in [5.74, 6) is 0. The number of rotatable bonds is 4. The smallest absolute Gasteiger partial charge is 0.153 e. The van der Waals surface area contributed by atoms with Crippen LogP contribution in [0.1, 0.15) is 84.7 Å². The minimum atomic E-state index is -1.86. The minimum Gasteiger partial charge on any atom is -0.362 e. The van der Waals surface area contributed by atoms with Crippen LogP contribution < -0.4 is 9.37 Å². The van der Waals surface area contributed by atoms with Gasteiger partial charge in [0.2, 0.25) is 0 Å². The molecule has 0 radical (unpaired) electrons. The van der Waals surface area contributed by atoms with E-state index in [1.54, 1.807) is 0 Å². The van der Waals surface area contributed by atoms with E-state index in [1.807, 2.05) is 11.5 Å². The average molecular weight is 512 g/mol. The van der Waals surface area contributed by atoms with E-state index in [2.05, 4.69) is 110 Å². The van der Waals surface area contributed by atoms with E-state index >= 15 is 0 Å². The average Bonchev–Trinajstić information content (AvgIpc) is 2.89. The van der Waals surface area contributed by atoms with E-state index < -0.39 is 15.7 Å². The van der Waals surface area contributed by atoms with Crippen LogP contribution in [0.2, 0.25) is 19.6 Å². The Morgan fingerprint density at radius 1 is 0.906 bits per heavy atom. The second kappa shape index (κ2) is 8.99. The molecule has 1 aromatic heterocycles. The van der Waals surface area contributed by atoms with Crippen LogP contribution in [-0.4, -0.2) is 17.8 Å². The molecule has 2 aromatic rings. The molecule has 3 nitrogen and oxygen atoms in total. The summed E-state index contributed by atoms with van der Waals surface area (Å²) in [5, 5.41) is 5.92. The van der Waals surface area contributed by atoms with Gasteiger partial charge in [0.05, 0.1) is 10.7 Å². The number of hydrogen-bond donors (Lipinski definition) is 0. The summed E-state index contributed by atoms with van der Waals surface area (Å²) in [5.41, 5.74) is 6.72. The molecule has 0 saturated heterocycles. The quantitative estimate of drug-likeness (QED) is 0.302. The van der Waals surface area contributed by atoms with Crippen LogP contribution in [0.15, 0.2) is 12.1 Å². The lowest BCUT2D eigenvalue weighted by molar-refractivity contribution is 0.550. The maximum atomic E-state index is 7.48. The number of nitrogens with zero attached hydrogens (tertiary/aromatic N) is 3. The van der Waals surface area contributed by atoms with Crippen LogP contribution in [0.5, 0.6) is 0 Å². The number of aryl methyl sites for hydroxylation is 2. The maximum absolute atomic E-state index is 7.48. The molecule has 7 heteroatoms. The Morgan fingerprint density at radius 2 is 1.34 bits per heavy atom. The van der Waals surface area contributed by atoms with Gasteiger partial charge in [-0.3, -0.25) is 0 Å². The summed E-state index contributed by atoms with van der Waals surface area (Å²) in [7, 11) is 0.226. The Bertz CT molecular complexity index is 938. The summed E-state index contributed by atoms with van der Waals surface area (Å²) in [6.07, 6.45) is 0. The molecule has 0 amide bonds. The van der Waals surface area contributed by atoms with E-state index in [0.717, 1.165) is 14.0 Å². The van der Waals surface area contributed by atoms with E-state index in [1.165, 1.54) is 27.4 Å². The Balaban J connectivity index is 3.02. The highest BCUT2D eigenvalue weighted by Crippen LogP contribution is 2.57. The fourth-order valence-electron chi connectivity index (χ4n) is 3.88. The first-order valence-corrected chi connectivity index (χ1v) is 18.0. The van der Waals surface area contributed by atoms with Gasteiger partial charge in [-0.15, -0.1) is 0 Å². The first-order valence-electron chi connectivity index (χ1n) is 11.5. The number of benzene rings is 1. The molecular formula is C25H44ClN3P2Si. The van der Waals surface area contributed by atoms with E-state index in [4.69, 9.17) is 11.2 Å². The number of hydrogen-bond acceptors (Lipinski definition) is 2. The zero-order valence-corrected chi connectivity index (χ0v) is 26.3. The summed E-state index contributed by atoms with van der Waals surface area (Å²) >= 11 is 7.48. The first-order chi connectivity index (χ1) is 14.2. The van der Waals surface area contributed by atoms with Gasteiger partial charge in [0.15, 0.2) is 8.24 Å². The fraction of sp³-hybridized carbons (Fsp3) is 0.680. The SMILES string of the molecule is Cc1nn(C)pc1P(Cl)N(c1c(C(C)(C)C)cc(C(C)(C)C)cc1C(C)(C)C)[Si](C)(C)C. The van der Waals surface area contributed by atoms with Crippen molar-refractivity contribution in [3.8, 4) is 0 Å². The lowest BCUT2D eigenvalue weighted by Gasteiger charge is -2.45. The molecule has 0 N–H and O–H groups in total. The van der Waals surface area contributed by atoms with Crippen LogP contribution in [0, 0.1) is 6.92 Å². The van der Waals surface area contributed by atoms with Gasteiger partial charge >= 0.3 is 0 Å². The van der Waals surface area contributed by atoms with Crippen molar-refractivity contribution in [2.45, 2.75) is 105 Å². The minimum absolute atomic E-state index is 0.000458. The largest absolute Gasteiger partial charge is 0.362 e. The van der Waals surface area contributed by atoms with E-state index in [-0.39, 0.29) is 16.2 Å². The Hall–Kier alpha value is -0.403. The van der Waals surface area contributed by atoms with Crippen LogP contribution in [0.25, 0.3) is 0 Å². The second-order valence-corrected chi connectivity index (χ2v) is 22.1. The molecule has 0 bridgehead atoms. The van der Waals surface area contributed by atoms with Crippen molar-refractivity contribution < 1.29 is 0 Å². The first kappa shape index (κ1) is 27.8. The number of anilines is 1. The van der Waals surface area contributed by atoms with Gasteiger partial charge < -0.3 is 4.34 Å². The van der Waals surface area contributed by atoms with Crippen LogP contribution in [0.3, 0.4) is 0 Å². The highest BCUT2D eigenvalue weighted by atomic mass is 35.7. The molecule has 0 saturated carbocycles. The van der Waals surface area contributed by atoms with Crippen molar-refractivity contribution in [2.24, 2.45) is 7.05 Å².